The normalized spacial score (nSPS) is 16.0. The summed E-state index contributed by atoms with van der Waals surface area (Å²) >= 11 is 0. The Bertz CT molecular complexity index is 965. The van der Waals surface area contributed by atoms with Crippen LogP contribution in [-0.4, -0.2) is 49.7 Å². The van der Waals surface area contributed by atoms with Crippen LogP contribution in [-0.2, 0) is 14.8 Å². The summed E-state index contributed by atoms with van der Waals surface area (Å²) in [5.74, 6) is -0.934. The number of hydrogen-bond acceptors (Lipinski definition) is 3. The SMILES string of the molecule is Cc1cccc(/C=C/C(=O)N2CCN(S(=O)(=O)c3ccccc3F)CC2)c1. The maximum Gasteiger partial charge on any atom is 0.246 e. The Labute approximate surface area is 158 Å². The van der Waals surface area contributed by atoms with Gasteiger partial charge in [-0.05, 0) is 30.7 Å². The molecule has 5 nitrogen and oxygen atoms in total. The number of sulfonamides is 1. The minimum absolute atomic E-state index is 0.140. The van der Waals surface area contributed by atoms with E-state index in [2.05, 4.69) is 0 Å². The number of aryl methyl sites for hydroxylation is 1. The smallest absolute Gasteiger partial charge is 0.246 e. The molecule has 1 fully saturated rings. The molecular formula is C20H21FN2O3S. The second kappa shape index (κ2) is 8.02. The lowest BCUT2D eigenvalue weighted by Crippen LogP contribution is -2.50. The molecule has 0 radical (unpaired) electrons. The fourth-order valence-electron chi connectivity index (χ4n) is 2.99. The third-order valence-electron chi connectivity index (χ3n) is 4.47. The molecular weight excluding hydrogens is 367 g/mol. The van der Waals surface area contributed by atoms with E-state index in [1.165, 1.54) is 28.6 Å². The standard InChI is InChI=1S/C20H21FN2O3S/c1-16-5-4-6-17(15-16)9-10-20(24)22-11-13-23(14-12-22)27(25,26)19-8-3-2-7-18(19)21/h2-10,15H,11-14H2,1H3/b10-9+. The summed E-state index contributed by atoms with van der Waals surface area (Å²) in [5.41, 5.74) is 2.04. The molecule has 0 unspecified atom stereocenters. The van der Waals surface area contributed by atoms with Crippen molar-refractivity contribution in [2.45, 2.75) is 11.8 Å². The van der Waals surface area contributed by atoms with Gasteiger partial charge < -0.3 is 4.90 Å². The first-order valence-corrected chi connectivity index (χ1v) is 10.1. The third kappa shape index (κ3) is 4.43. The minimum Gasteiger partial charge on any atom is -0.337 e. The molecule has 1 saturated heterocycles. The zero-order valence-corrected chi connectivity index (χ0v) is 15.8. The zero-order chi connectivity index (χ0) is 19.4. The number of carbonyl (C=O) groups is 1. The van der Waals surface area contributed by atoms with Crippen molar-refractivity contribution in [3.05, 3.63) is 71.6 Å². The van der Waals surface area contributed by atoms with Crippen molar-refractivity contribution in [2.24, 2.45) is 0 Å². The maximum atomic E-state index is 13.9. The average molecular weight is 388 g/mol. The van der Waals surface area contributed by atoms with Gasteiger partial charge in [-0.1, -0.05) is 42.0 Å². The number of amides is 1. The van der Waals surface area contributed by atoms with Crippen molar-refractivity contribution in [1.29, 1.82) is 0 Å². The van der Waals surface area contributed by atoms with Crippen LogP contribution >= 0.6 is 0 Å². The molecule has 1 amide bonds. The molecule has 0 saturated carbocycles. The zero-order valence-electron chi connectivity index (χ0n) is 15.0. The molecule has 1 aliphatic heterocycles. The fourth-order valence-corrected chi connectivity index (χ4v) is 4.48. The average Bonchev–Trinajstić information content (AvgIpc) is 2.66. The maximum absolute atomic E-state index is 13.9. The van der Waals surface area contributed by atoms with Gasteiger partial charge in [0.2, 0.25) is 15.9 Å². The van der Waals surface area contributed by atoms with Crippen molar-refractivity contribution in [1.82, 2.24) is 9.21 Å². The predicted molar refractivity (Wildman–Crippen MR) is 102 cm³/mol. The summed E-state index contributed by atoms with van der Waals surface area (Å²) in [5, 5.41) is 0. The van der Waals surface area contributed by atoms with Gasteiger partial charge in [-0.25, -0.2) is 12.8 Å². The van der Waals surface area contributed by atoms with Crippen molar-refractivity contribution >= 4 is 22.0 Å². The van der Waals surface area contributed by atoms with Crippen LogP contribution < -0.4 is 0 Å². The molecule has 0 aromatic heterocycles. The van der Waals surface area contributed by atoms with E-state index in [-0.39, 0.29) is 37.0 Å². The summed E-state index contributed by atoms with van der Waals surface area (Å²) in [6, 6.07) is 13.1. The highest BCUT2D eigenvalue weighted by molar-refractivity contribution is 7.89. The lowest BCUT2D eigenvalue weighted by molar-refractivity contribution is -0.127. The van der Waals surface area contributed by atoms with Crippen LogP contribution in [0, 0.1) is 12.7 Å². The summed E-state index contributed by atoms with van der Waals surface area (Å²) < 4.78 is 40.3. The summed E-state index contributed by atoms with van der Waals surface area (Å²) in [7, 11) is -3.90. The number of nitrogens with zero attached hydrogens (tertiary/aromatic N) is 2. The molecule has 1 aliphatic rings. The molecule has 0 N–H and O–H groups in total. The summed E-state index contributed by atoms with van der Waals surface area (Å²) in [6.45, 7) is 2.80. The molecule has 2 aromatic carbocycles. The van der Waals surface area contributed by atoms with E-state index in [1.54, 1.807) is 11.0 Å². The van der Waals surface area contributed by atoms with Gasteiger partial charge in [-0.15, -0.1) is 0 Å². The van der Waals surface area contributed by atoms with Crippen LogP contribution in [0.3, 0.4) is 0 Å². The lowest BCUT2D eigenvalue weighted by Gasteiger charge is -2.33. The molecule has 7 heteroatoms. The first-order chi connectivity index (χ1) is 12.9. The van der Waals surface area contributed by atoms with Crippen molar-refractivity contribution in [2.75, 3.05) is 26.2 Å². The van der Waals surface area contributed by atoms with Gasteiger partial charge in [0.25, 0.3) is 0 Å². The molecule has 1 heterocycles. The van der Waals surface area contributed by atoms with Gasteiger partial charge >= 0.3 is 0 Å². The number of benzene rings is 2. The van der Waals surface area contributed by atoms with Crippen molar-refractivity contribution in [3.63, 3.8) is 0 Å². The number of halogens is 1. The van der Waals surface area contributed by atoms with Crippen LogP contribution in [0.1, 0.15) is 11.1 Å². The number of rotatable bonds is 4. The minimum atomic E-state index is -3.90. The van der Waals surface area contributed by atoms with Gasteiger partial charge in [-0.3, -0.25) is 4.79 Å². The van der Waals surface area contributed by atoms with Crippen LogP contribution in [0.2, 0.25) is 0 Å². The monoisotopic (exact) mass is 388 g/mol. The Morgan fingerprint density at radius 1 is 1.04 bits per heavy atom. The molecule has 0 bridgehead atoms. The lowest BCUT2D eigenvalue weighted by atomic mass is 10.1. The second-order valence-electron chi connectivity index (χ2n) is 6.41. The molecule has 0 spiro atoms. The highest BCUT2D eigenvalue weighted by Gasteiger charge is 2.31. The van der Waals surface area contributed by atoms with Gasteiger partial charge in [-0.2, -0.15) is 4.31 Å². The number of piperazine rings is 1. The van der Waals surface area contributed by atoms with E-state index >= 15 is 0 Å². The predicted octanol–water partition coefficient (Wildman–Crippen LogP) is 2.68. The first kappa shape index (κ1) is 19.3. The van der Waals surface area contributed by atoms with Gasteiger partial charge in [0.1, 0.15) is 10.7 Å². The fraction of sp³-hybridized carbons (Fsp3) is 0.250. The van der Waals surface area contributed by atoms with E-state index in [0.29, 0.717) is 0 Å². The topological polar surface area (TPSA) is 57.7 Å². The van der Waals surface area contributed by atoms with E-state index in [9.17, 15) is 17.6 Å². The van der Waals surface area contributed by atoms with Crippen LogP contribution in [0.4, 0.5) is 4.39 Å². The van der Waals surface area contributed by atoms with Crippen molar-refractivity contribution in [3.8, 4) is 0 Å². The number of carbonyl (C=O) groups excluding carboxylic acids is 1. The molecule has 0 aliphatic carbocycles. The van der Waals surface area contributed by atoms with E-state index < -0.39 is 15.8 Å². The Morgan fingerprint density at radius 3 is 2.41 bits per heavy atom. The Hall–Kier alpha value is -2.51. The summed E-state index contributed by atoms with van der Waals surface area (Å²) in [6.07, 6.45) is 3.24. The molecule has 142 valence electrons. The van der Waals surface area contributed by atoms with Gasteiger partial charge in [0, 0.05) is 32.3 Å². The Balaban J connectivity index is 1.63. The largest absolute Gasteiger partial charge is 0.337 e. The first-order valence-electron chi connectivity index (χ1n) is 8.66. The molecule has 0 atom stereocenters. The summed E-state index contributed by atoms with van der Waals surface area (Å²) in [4.78, 5) is 13.6. The van der Waals surface area contributed by atoms with Crippen molar-refractivity contribution < 1.29 is 17.6 Å². The molecule has 3 rings (SSSR count). The Morgan fingerprint density at radius 2 is 1.74 bits per heavy atom. The van der Waals surface area contributed by atoms with Gasteiger partial charge in [0.05, 0.1) is 0 Å². The van der Waals surface area contributed by atoms with Crippen LogP contribution in [0.15, 0.2) is 59.5 Å². The van der Waals surface area contributed by atoms with E-state index in [0.717, 1.165) is 17.2 Å². The second-order valence-corrected chi connectivity index (χ2v) is 8.31. The molecule has 2 aromatic rings. The Kier molecular flexibility index (Phi) is 5.72. The van der Waals surface area contributed by atoms with Gasteiger partial charge in [0.15, 0.2) is 0 Å². The third-order valence-corrected chi connectivity index (χ3v) is 6.40. The van der Waals surface area contributed by atoms with E-state index in [4.69, 9.17) is 0 Å². The molecule has 27 heavy (non-hydrogen) atoms. The highest BCUT2D eigenvalue weighted by Crippen LogP contribution is 2.20. The highest BCUT2D eigenvalue weighted by atomic mass is 32.2. The quantitative estimate of drug-likeness (QED) is 0.757. The van der Waals surface area contributed by atoms with Crippen LogP contribution in [0.5, 0.6) is 0 Å². The van der Waals surface area contributed by atoms with Crippen LogP contribution in [0.25, 0.3) is 6.08 Å². The van der Waals surface area contributed by atoms with E-state index in [1.807, 2.05) is 31.2 Å². The number of hydrogen-bond donors (Lipinski definition) is 0.